The number of aryl methyl sites for hydroxylation is 1. The Morgan fingerprint density at radius 1 is 1.08 bits per heavy atom. The second-order valence-corrected chi connectivity index (χ2v) is 10.4. The summed E-state index contributed by atoms with van der Waals surface area (Å²) in [6.07, 6.45) is 8.42. The van der Waals surface area contributed by atoms with E-state index in [0.717, 1.165) is 34.9 Å². The molecule has 0 unspecified atom stereocenters. The number of nitrogens with zero attached hydrogens (tertiary/aromatic N) is 4. The highest BCUT2D eigenvalue weighted by Crippen LogP contribution is 2.31. The van der Waals surface area contributed by atoms with Crippen molar-refractivity contribution in [3.05, 3.63) is 69.9 Å². The third-order valence-corrected chi connectivity index (χ3v) is 8.01. The number of aromatic amines is 1. The van der Waals surface area contributed by atoms with Crippen LogP contribution in [0.5, 0.6) is 0 Å². The minimum atomic E-state index is -0.178. The molecule has 3 aromatic heterocycles. The number of amides is 1. The summed E-state index contributed by atoms with van der Waals surface area (Å²) in [7, 11) is 0. The number of H-pyrrole nitrogens is 1. The summed E-state index contributed by atoms with van der Waals surface area (Å²) in [5, 5.41) is 5.93. The van der Waals surface area contributed by atoms with Crippen molar-refractivity contribution in [1.29, 1.82) is 0 Å². The average Bonchev–Trinajstić information content (AvgIpc) is 3.40. The van der Waals surface area contributed by atoms with E-state index in [1.165, 1.54) is 0 Å². The number of fused-ring (bicyclic) bond motifs is 3. The number of rotatable bonds is 5. The molecular formula is C29H31N5O4. The fourth-order valence-corrected chi connectivity index (χ4v) is 5.85. The van der Waals surface area contributed by atoms with Gasteiger partial charge in [0.25, 0.3) is 11.5 Å². The molecule has 0 atom stereocenters. The zero-order valence-corrected chi connectivity index (χ0v) is 21.5. The van der Waals surface area contributed by atoms with Gasteiger partial charge in [-0.3, -0.25) is 24.0 Å². The summed E-state index contributed by atoms with van der Waals surface area (Å²) in [6.45, 7) is 4.31. The van der Waals surface area contributed by atoms with Gasteiger partial charge in [0.05, 0.1) is 28.7 Å². The zero-order valence-electron chi connectivity index (χ0n) is 21.5. The summed E-state index contributed by atoms with van der Waals surface area (Å²) in [5.74, 6) is 0.120. The van der Waals surface area contributed by atoms with Crippen LogP contribution < -0.4 is 5.56 Å². The monoisotopic (exact) mass is 513 g/mol. The number of pyridine rings is 2. The molecule has 2 saturated heterocycles. The Morgan fingerprint density at radius 3 is 2.61 bits per heavy atom. The average molecular weight is 514 g/mol. The second-order valence-electron chi connectivity index (χ2n) is 10.4. The Morgan fingerprint density at radius 2 is 1.87 bits per heavy atom. The molecule has 5 heterocycles. The Kier molecular flexibility index (Phi) is 6.53. The molecule has 0 radical (unpaired) electrons. The third kappa shape index (κ3) is 4.51. The van der Waals surface area contributed by atoms with E-state index in [2.05, 4.69) is 15.1 Å². The van der Waals surface area contributed by atoms with Crippen LogP contribution >= 0.6 is 0 Å². The lowest BCUT2D eigenvalue weighted by Crippen LogP contribution is -2.40. The van der Waals surface area contributed by atoms with Gasteiger partial charge in [-0.1, -0.05) is 6.07 Å². The van der Waals surface area contributed by atoms with Crippen LogP contribution in [-0.2, 0) is 16.0 Å². The number of likely N-dealkylation sites (tertiary alicyclic amines) is 1. The molecule has 0 spiro atoms. The minimum absolute atomic E-state index is 0.0426. The fourth-order valence-electron chi connectivity index (χ4n) is 5.85. The van der Waals surface area contributed by atoms with E-state index in [1.54, 1.807) is 18.6 Å². The third-order valence-electron chi connectivity index (χ3n) is 8.01. The molecule has 9 heteroatoms. The van der Waals surface area contributed by atoms with Crippen molar-refractivity contribution in [1.82, 2.24) is 24.6 Å². The SMILES string of the molecule is Cc1cc2[nH]c(=O)c3cnn(C4CCOCC4)c3c2cc1C(=O)N1CCC(C(=O)Cc2cccnc2)CC1. The maximum absolute atomic E-state index is 13.7. The van der Waals surface area contributed by atoms with Gasteiger partial charge < -0.3 is 14.6 Å². The largest absolute Gasteiger partial charge is 0.381 e. The molecule has 4 aromatic rings. The number of piperidine rings is 1. The Bertz CT molecular complexity index is 1560. The number of aromatic nitrogens is 4. The lowest BCUT2D eigenvalue weighted by Gasteiger charge is -2.32. The summed E-state index contributed by atoms with van der Waals surface area (Å²) in [4.78, 5) is 48.3. The number of Topliss-reactive ketones (excluding diaryl/α,β-unsaturated/α-hetero) is 1. The van der Waals surface area contributed by atoms with Crippen molar-refractivity contribution in [3.63, 3.8) is 0 Å². The number of ketones is 1. The van der Waals surface area contributed by atoms with Gasteiger partial charge >= 0.3 is 0 Å². The normalized spacial score (nSPS) is 17.3. The summed E-state index contributed by atoms with van der Waals surface area (Å²) in [6, 6.07) is 7.70. The molecule has 0 bridgehead atoms. The van der Waals surface area contributed by atoms with Crippen LogP contribution in [0.15, 0.2) is 47.7 Å². The van der Waals surface area contributed by atoms with E-state index in [-0.39, 0.29) is 29.2 Å². The van der Waals surface area contributed by atoms with Crippen molar-refractivity contribution < 1.29 is 14.3 Å². The van der Waals surface area contributed by atoms with Crippen LogP contribution in [0.4, 0.5) is 0 Å². The van der Waals surface area contributed by atoms with E-state index in [0.29, 0.717) is 62.0 Å². The standard InChI is InChI=1S/C29H31N5O4/c1-18-13-25-23(27-24(28(36)32-25)17-31-34(27)21-6-11-38-12-7-21)15-22(18)29(37)33-9-4-20(5-10-33)26(35)14-19-3-2-8-30-16-19/h2-3,8,13,15-17,20-21H,4-7,9-12,14H2,1H3,(H,32,36). The van der Waals surface area contributed by atoms with Gasteiger partial charge in [0.15, 0.2) is 0 Å². The van der Waals surface area contributed by atoms with Crippen molar-refractivity contribution in [3.8, 4) is 0 Å². The molecule has 0 saturated carbocycles. The molecule has 2 fully saturated rings. The minimum Gasteiger partial charge on any atom is -0.381 e. The first-order valence-corrected chi connectivity index (χ1v) is 13.3. The molecule has 6 rings (SSSR count). The molecule has 38 heavy (non-hydrogen) atoms. The lowest BCUT2D eigenvalue weighted by atomic mass is 9.89. The molecule has 1 N–H and O–H groups in total. The summed E-state index contributed by atoms with van der Waals surface area (Å²) < 4.78 is 7.47. The zero-order chi connectivity index (χ0) is 26.2. The Hall–Kier alpha value is -3.85. The second kappa shape index (κ2) is 10.1. The fraction of sp³-hybridized carbons (Fsp3) is 0.414. The van der Waals surface area contributed by atoms with Gasteiger partial charge in [-0.15, -0.1) is 0 Å². The van der Waals surface area contributed by atoms with E-state index >= 15 is 0 Å². The topological polar surface area (TPSA) is 110 Å². The Balaban J connectivity index is 1.26. The highest BCUT2D eigenvalue weighted by atomic mass is 16.5. The highest BCUT2D eigenvalue weighted by molar-refractivity contribution is 6.07. The van der Waals surface area contributed by atoms with Crippen LogP contribution in [0, 0.1) is 12.8 Å². The maximum Gasteiger partial charge on any atom is 0.259 e. The van der Waals surface area contributed by atoms with Gasteiger partial charge in [0.2, 0.25) is 0 Å². The van der Waals surface area contributed by atoms with Gasteiger partial charge in [-0.25, -0.2) is 0 Å². The quantitative estimate of drug-likeness (QED) is 0.437. The molecule has 1 aromatic carbocycles. The van der Waals surface area contributed by atoms with E-state index in [4.69, 9.17) is 4.74 Å². The number of hydrogen-bond donors (Lipinski definition) is 1. The first-order valence-electron chi connectivity index (χ1n) is 13.3. The smallest absolute Gasteiger partial charge is 0.259 e. The molecule has 0 aliphatic carbocycles. The van der Waals surface area contributed by atoms with Crippen molar-refractivity contribution in [2.24, 2.45) is 5.92 Å². The predicted molar refractivity (Wildman–Crippen MR) is 143 cm³/mol. The number of benzene rings is 1. The van der Waals surface area contributed by atoms with E-state index in [1.807, 2.05) is 40.8 Å². The maximum atomic E-state index is 13.7. The summed E-state index contributed by atoms with van der Waals surface area (Å²) in [5.41, 5.74) is 3.64. The van der Waals surface area contributed by atoms with Gasteiger partial charge in [-0.2, -0.15) is 5.10 Å². The van der Waals surface area contributed by atoms with Gasteiger partial charge in [0.1, 0.15) is 5.78 Å². The number of nitrogens with one attached hydrogen (secondary N) is 1. The van der Waals surface area contributed by atoms with Crippen molar-refractivity contribution in [2.45, 2.75) is 45.1 Å². The van der Waals surface area contributed by atoms with Crippen LogP contribution in [0.1, 0.15) is 53.2 Å². The first kappa shape index (κ1) is 24.5. The van der Waals surface area contributed by atoms with Crippen molar-refractivity contribution >= 4 is 33.5 Å². The van der Waals surface area contributed by atoms with E-state index < -0.39 is 0 Å². The van der Waals surface area contributed by atoms with E-state index in [9.17, 15) is 14.4 Å². The van der Waals surface area contributed by atoms with Crippen LogP contribution in [0.3, 0.4) is 0 Å². The number of ether oxygens (including phenoxy) is 1. The summed E-state index contributed by atoms with van der Waals surface area (Å²) >= 11 is 0. The molecule has 2 aliphatic rings. The van der Waals surface area contributed by atoms with Gasteiger partial charge in [-0.05, 0) is 61.9 Å². The molecule has 2 aliphatic heterocycles. The van der Waals surface area contributed by atoms with Crippen molar-refractivity contribution in [2.75, 3.05) is 26.3 Å². The first-order chi connectivity index (χ1) is 18.5. The predicted octanol–water partition coefficient (Wildman–Crippen LogP) is 3.60. The van der Waals surface area contributed by atoms with Crippen LogP contribution in [0.2, 0.25) is 0 Å². The Labute approximate surface area is 219 Å². The highest BCUT2D eigenvalue weighted by Gasteiger charge is 2.29. The number of hydrogen-bond acceptors (Lipinski definition) is 6. The lowest BCUT2D eigenvalue weighted by molar-refractivity contribution is -0.123. The molecule has 9 nitrogen and oxygen atoms in total. The van der Waals surface area contributed by atoms with Crippen LogP contribution in [0.25, 0.3) is 21.8 Å². The van der Waals surface area contributed by atoms with Gasteiger partial charge in [0, 0.05) is 62.0 Å². The van der Waals surface area contributed by atoms with Crippen LogP contribution in [-0.4, -0.2) is 62.6 Å². The molecule has 1 amide bonds. The molecular weight excluding hydrogens is 482 g/mol. The molecule has 196 valence electrons. The number of carbonyl (C=O) groups is 2. The number of carbonyl (C=O) groups excluding carboxylic acids is 2.